The molecule has 0 aliphatic carbocycles. The summed E-state index contributed by atoms with van der Waals surface area (Å²) in [4.78, 5) is 16.6. The van der Waals surface area contributed by atoms with Crippen LogP contribution in [0.1, 0.15) is 49.7 Å². The van der Waals surface area contributed by atoms with Crippen molar-refractivity contribution < 1.29 is 4.79 Å². The Hall–Kier alpha value is -2.37. The molecule has 1 aromatic heterocycles. The van der Waals surface area contributed by atoms with Gasteiger partial charge in [0.05, 0.1) is 6.20 Å². The summed E-state index contributed by atoms with van der Waals surface area (Å²) in [5, 5.41) is 10.4. The van der Waals surface area contributed by atoms with Crippen molar-refractivity contribution in [3.05, 3.63) is 47.8 Å². The van der Waals surface area contributed by atoms with Gasteiger partial charge in [0.2, 0.25) is 0 Å². The lowest BCUT2D eigenvalue weighted by Gasteiger charge is -2.35. The van der Waals surface area contributed by atoms with Crippen molar-refractivity contribution in [3.8, 4) is 0 Å². The molecule has 2 aromatic rings. The van der Waals surface area contributed by atoms with Gasteiger partial charge in [0.15, 0.2) is 5.69 Å². The van der Waals surface area contributed by atoms with Crippen molar-refractivity contribution in [1.82, 2.24) is 20.0 Å². The molecule has 0 saturated carbocycles. The van der Waals surface area contributed by atoms with Crippen LogP contribution >= 0.6 is 0 Å². The maximum Gasteiger partial charge on any atom is 0.276 e. The van der Waals surface area contributed by atoms with Gasteiger partial charge < -0.3 is 4.90 Å². The van der Waals surface area contributed by atoms with E-state index >= 15 is 0 Å². The topological polar surface area (TPSA) is 54.3 Å². The van der Waals surface area contributed by atoms with Crippen molar-refractivity contribution in [2.75, 3.05) is 18.1 Å². The molecule has 6 nitrogen and oxygen atoms in total. The number of rotatable bonds is 4. The molecule has 3 rings (SSSR count). The maximum atomic E-state index is 13.0. The third kappa shape index (κ3) is 3.58. The monoisotopic (exact) mass is 327 g/mol. The van der Waals surface area contributed by atoms with Gasteiger partial charge in [-0.15, -0.1) is 5.10 Å². The lowest BCUT2D eigenvalue weighted by atomic mass is 10.0. The Morgan fingerprint density at radius 3 is 2.46 bits per heavy atom. The molecule has 0 spiro atoms. The molecule has 1 aliphatic rings. The fraction of sp³-hybridized carbons (Fsp3) is 0.500. The number of benzene rings is 1. The van der Waals surface area contributed by atoms with Crippen LogP contribution in [0.15, 0.2) is 36.5 Å². The summed E-state index contributed by atoms with van der Waals surface area (Å²) in [5.41, 5.74) is 1.20. The molecule has 0 N–H and O–H groups in total. The summed E-state index contributed by atoms with van der Waals surface area (Å²) < 4.78 is 0. The molecule has 128 valence electrons. The second-order valence-corrected chi connectivity index (χ2v) is 7.23. The van der Waals surface area contributed by atoms with E-state index in [0.717, 1.165) is 31.5 Å². The van der Waals surface area contributed by atoms with Crippen molar-refractivity contribution in [2.45, 2.75) is 45.7 Å². The Balaban J connectivity index is 1.81. The minimum absolute atomic E-state index is 0.0863. The Morgan fingerprint density at radius 2 is 1.83 bits per heavy atom. The zero-order valence-corrected chi connectivity index (χ0v) is 14.6. The number of carbonyl (C=O) groups excluding carboxylic acids is 1. The van der Waals surface area contributed by atoms with Gasteiger partial charge >= 0.3 is 0 Å². The molecule has 1 saturated heterocycles. The summed E-state index contributed by atoms with van der Waals surface area (Å²) in [6, 6.07) is 10.0. The molecule has 2 heterocycles. The van der Waals surface area contributed by atoms with E-state index in [1.165, 1.54) is 0 Å². The number of nitrogens with zero attached hydrogens (tertiary/aromatic N) is 5. The first-order valence-electron chi connectivity index (χ1n) is 8.48. The molecule has 1 amide bonds. The van der Waals surface area contributed by atoms with Gasteiger partial charge in [-0.05, 0) is 44.4 Å². The molecule has 0 unspecified atom stereocenters. The summed E-state index contributed by atoms with van der Waals surface area (Å²) in [6.45, 7) is 8.60. The van der Waals surface area contributed by atoms with Crippen molar-refractivity contribution in [1.29, 1.82) is 0 Å². The van der Waals surface area contributed by atoms with Crippen LogP contribution in [0.5, 0.6) is 0 Å². The predicted octanol–water partition coefficient (Wildman–Crippen LogP) is 2.45. The van der Waals surface area contributed by atoms with Crippen LogP contribution in [-0.4, -0.2) is 44.5 Å². The minimum Gasteiger partial charge on any atom is -0.328 e. The molecule has 0 bridgehead atoms. The standard InChI is InChI=1S/C18H25N5O/c1-18(2,3)22(13-15-9-5-4-6-10-15)17(24)16-14-23(20-19-16)21-11-7-8-12-21/h4-6,9-10,14H,7-8,11-13H2,1-3H3. The number of hydrogen-bond donors (Lipinski definition) is 0. The van der Waals surface area contributed by atoms with E-state index in [1.807, 2.05) is 56.0 Å². The van der Waals surface area contributed by atoms with Crippen LogP contribution in [0, 0.1) is 0 Å². The average molecular weight is 327 g/mol. The highest BCUT2D eigenvalue weighted by atomic mass is 16.2. The lowest BCUT2D eigenvalue weighted by Crippen LogP contribution is -2.45. The van der Waals surface area contributed by atoms with Crippen molar-refractivity contribution >= 4 is 5.91 Å². The van der Waals surface area contributed by atoms with Crippen LogP contribution in [0.3, 0.4) is 0 Å². The van der Waals surface area contributed by atoms with Gasteiger partial charge in [-0.2, -0.15) is 4.79 Å². The number of hydrogen-bond acceptors (Lipinski definition) is 4. The van der Waals surface area contributed by atoms with Gasteiger partial charge in [-0.3, -0.25) is 9.80 Å². The smallest absolute Gasteiger partial charge is 0.276 e. The average Bonchev–Trinajstić information content (AvgIpc) is 3.22. The molecule has 0 radical (unpaired) electrons. The maximum absolute atomic E-state index is 13.0. The summed E-state index contributed by atoms with van der Waals surface area (Å²) in [6.07, 6.45) is 4.06. The van der Waals surface area contributed by atoms with Crippen LogP contribution in [0.4, 0.5) is 0 Å². The van der Waals surface area contributed by atoms with Crippen LogP contribution in [-0.2, 0) is 6.54 Å². The number of aromatic nitrogens is 3. The van der Waals surface area contributed by atoms with Crippen molar-refractivity contribution in [2.24, 2.45) is 0 Å². The normalized spacial score (nSPS) is 14.9. The number of amides is 1. The van der Waals surface area contributed by atoms with Gasteiger partial charge in [0.25, 0.3) is 5.91 Å². The molecular weight excluding hydrogens is 302 g/mol. The highest BCUT2D eigenvalue weighted by molar-refractivity contribution is 5.92. The first-order valence-corrected chi connectivity index (χ1v) is 8.48. The van der Waals surface area contributed by atoms with E-state index in [0.29, 0.717) is 12.2 Å². The van der Waals surface area contributed by atoms with Gasteiger partial charge in [0, 0.05) is 25.2 Å². The van der Waals surface area contributed by atoms with Gasteiger partial charge in [0.1, 0.15) is 0 Å². The highest BCUT2D eigenvalue weighted by Gasteiger charge is 2.29. The van der Waals surface area contributed by atoms with Gasteiger partial charge in [-0.1, -0.05) is 30.3 Å². The van der Waals surface area contributed by atoms with Crippen LogP contribution in [0.2, 0.25) is 0 Å². The second-order valence-electron chi connectivity index (χ2n) is 7.23. The van der Waals surface area contributed by atoms with Gasteiger partial charge in [-0.25, -0.2) is 0 Å². The zero-order valence-electron chi connectivity index (χ0n) is 14.6. The SMILES string of the molecule is CC(C)(C)N(Cc1ccccc1)C(=O)c1cn(N2CCCC2)nn1. The predicted molar refractivity (Wildman–Crippen MR) is 93.3 cm³/mol. The van der Waals surface area contributed by atoms with Crippen LogP contribution in [0.25, 0.3) is 0 Å². The zero-order chi connectivity index (χ0) is 17.2. The number of carbonyl (C=O) groups is 1. The second kappa shape index (κ2) is 6.63. The Morgan fingerprint density at radius 1 is 1.17 bits per heavy atom. The Labute approximate surface area is 143 Å². The molecule has 0 atom stereocenters. The fourth-order valence-electron chi connectivity index (χ4n) is 2.91. The Kier molecular flexibility index (Phi) is 4.55. The van der Waals surface area contributed by atoms with E-state index in [4.69, 9.17) is 0 Å². The first kappa shape index (κ1) is 16.5. The molecule has 24 heavy (non-hydrogen) atoms. The molecule has 1 fully saturated rings. The molecule has 1 aliphatic heterocycles. The minimum atomic E-state index is -0.301. The molecule has 1 aromatic carbocycles. The summed E-state index contributed by atoms with van der Waals surface area (Å²) in [7, 11) is 0. The first-order chi connectivity index (χ1) is 11.4. The van der Waals surface area contributed by atoms with E-state index in [2.05, 4.69) is 15.3 Å². The largest absolute Gasteiger partial charge is 0.328 e. The van der Waals surface area contributed by atoms with E-state index in [1.54, 1.807) is 11.0 Å². The summed E-state index contributed by atoms with van der Waals surface area (Å²) >= 11 is 0. The Bertz CT molecular complexity index is 683. The summed E-state index contributed by atoms with van der Waals surface area (Å²) in [5.74, 6) is -0.0863. The third-order valence-corrected chi connectivity index (χ3v) is 4.31. The van der Waals surface area contributed by atoms with Crippen molar-refractivity contribution in [3.63, 3.8) is 0 Å². The fourth-order valence-corrected chi connectivity index (χ4v) is 2.91. The third-order valence-electron chi connectivity index (χ3n) is 4.31. The van der Waals surface area contributed by atoms with E-state index in [-0.39, 0.29) is 11.4 Å². The lowest BCUT2D eigenvalue weighted by molar-refractivity contribution is 0.0552. The highest BCUT2D eigenvalue weighted by Crippen LogP contribution is 2.20. The van der Waals surface area contributed by atoms with E-state index < -0.39 is 0 Å². The van der Waals surface area contributed by atoms with E-state index in [9.17, 15) is 4.79 Å². The van der Waals surface area contributed by atoms with Crippen LogP contribution < -0.4 is 5.01 Å². The quantitative estimate of drug-likeness (QED) is 0.865. The molecular formula is C18H25N5O. The molecule has 6 heteroatoms.